The largest absolute Gasteiger partial charge is 0.496 e. The summed E-state index contributed by atoms with van der Waals surface area (Å²) in [6.45, 7) is 6.83. The van der Waals surface area contributed by atoms with Crippen LogP contribution in [0.15, 0.2) is 22.6 Å². The Hall–Kier alpha value is -1.85. The number of aromatic nitrogens is 1. The van der Waals surface area contributed by atoms with Gasteiger partial charge in [0.05, 0.1) is 12.8 Å². The topological polar surface area (TPSA) is 47.7 Å². The van der Waals surface area contributed by atoms with Crippen LogP contribution in [0.2, 0.25) is 0 Å². The van der Waals surface area contributed by atoms with Crippen molar-refractivity contribution in [3.63, 3.8) is 0 Å². The van der Waals surface area contributed by atoms with E-state index in [9.17, 15) is 0 Å². The molecule has 0 N–H and O–H groups in total. The van der Waals surface area contributed by atoms with Crippen LogP contribution in [0.3, 0.4) is 0 Å². The average Bonchev–Trinajstić information content (AvgIpc) is 3.01. The van der Waals surface area contributed by atoms with E-state index in [-0.39, 0.29) is 0 Å². The van der Waals surface area contributed by atoms with Gasteiger partial charge in [-0.3, -0.25) is 4.90 Å². The van der Waals surface area contributed by atoms with Gasteiger partial charge in [-0.15, -0.1) is 0 Å². The van der Waals surface area contributed by atoms with Crippen LogP contribution < -0.4 is 4.74 Å². The van der Waals surface area contributed by atoms with Crippen LogP contribution in [-0.2, 0) is 11.3 Å². The molecule has 1 unspecified atom stereocenters. The molecule has 142 valence electrons. The summed E-state index contributed by atoms with van der Waals surface area (Å²) in [5.74, 6) is 2.48. The summed E-state index contributed by atoms with van der Waals surface area (Å²) in [4.78, 5) is 7.34. The number of ether oxygens (including phenoxy) is 2. The van der Waals surface area contributed by atoms with Gasteiger partial charge in [0.1, 0.15) is 11.5 Å². The summed E-state index contributed by atoms with van der Waals surface area (Å²) in [5.41, 5.74) is 3.11. The highest BCUT2D eigenvalue weighted by Crippen LogP contribution is 2.29. The van der Waals surface area contributed by atoms with Crippen molar-refractivity contribution in [1.29, 1.82) is 0 Å². The molecule has 1 aromatic heterocycles. The zero-order valence-electron chi connectivity index (χ0n) is 16.4. The van der Waals surface area contributed by atoms with E-state index in [0.29, 0.717) is 11.9 Å². The fourth-order valence-electron chi connectivity index (χ4n) is 3.75. The summed E-state index contributed by atoms with van der Waals surface area (Å²) in [7, 11) is 3.46. The molecule has 1 saturated heterocycles. The van der Waals surface area contributed by atoms with Crippen LogP contribution in [-0.4, -0.2) is 43.3 Å². The molecule has 1 atom stereocenters. The average molecular weight is 358 g/mol. The number of methoxy groups -OCH3 is 2. The zero-order valence-corrected chi connectivity index (χ0v) is 16.4. The highest BCUT2D eigenvalue weighted by molar-refractivity contribution is 5.57. The summed E-state index contributed by atoms with van der Waals surface area (Å²) in [6.07, 6.45) is 4.88. The summed E-state index contributed by atoms with van der Waals surface area (Å²) in [5, 5.41) is 0. The summed E-state index contributed by atoms with van der Waals surface area (Å²) in [6, 6.07) is 6.61. The van der Waals surface area contributed by atoms with Gasteiger partial charge in [-0.05, 0) is 63.4 Å². The van der Waals surface area contributed by atoms with Crippen molar-refractivity contribution in [1.82, 2.24) is 9.88 Å². The third-order valence-corrected chi connectivity index (χ3v) is 5.29. The maximum Gasteiger partial charge on any atom is 0.226 e. The molecule has 5 heteroatoms. The molecule has 26 heavy (non-hydrogen) atoms. The van der Waals surface area contributed by atoms with Crippen molar-refractivity contribution in [2.45, 2.75) is 52.1 Å². The molecular weight excluding hydrogens is 328 g/mol. The molecule has 0 radical (unpaired) electrons. The standard InChI is InChI=1S/C21H30N2O3/c1-15-13-17(8-9-20(15)25-4)21-22-19(16(2)26-21)14-23-11-6-5-7-18(23)10-12-24-3/h8-9,13,18H,5-7,10-12,14H2,1-4H3. The van der Waals surface area contributed by atoms with Crippen LogP contribution in [0.5, 0.6) is 5.75 Å². The SMILES string of the molecule is COCCC1CCCCN1Cc1nc(-c2ccc(OC)c(C)c2)oc1C. The number of hydrogen-bond donors (Lipinski definition) is 0. The van der Waals surface area contributed by atoms with Gasteiger partial charge < -0.3 is 13.9 Å². The van der Waals surface area contributed by atoms with Gasteiger partial charge in [0.25, 0.3) is 0 Å². The van der Waals surface area contributed by atoms with E-state index in [1.54, 1.807) is 14.2 Å². The summed E-state index contributed by atoms with van der Waals surface area (Å²) < 4.78 is 16.6. The zero-order chi connectivity index (χ0) is 18.5. The van der Waals surface area contributed by atoms with E-state index >= 15 is 0 Å². The predicted molar refractivity (Wildman–Crippen MR) is 103 cm³/mol. The molecule has 0 aliphatic carbocycles. The van der Waals surface area contributed by atoms with Gasteiger partial charge >= 0.3 is 0 Å². The molecule has 1 aliphatic rings. The third kappa shape index (κ3) is 4.27. The number of benzene rings is 1. The van der Waals surface area contributed by atoms with Gasteiger partial charge in [-0.1, -0.05) is 6.42 Å². The summed E-state index contributed by atoms with van der Waals surface area (Å²) >= 11 is 0. The Labute approximate surface area is 156 Å². The number of rotatable bonds is 7. The van der Waals surface area contributed by atoms with Crippen LogP contribution in [0, 0.1) is 13.8 Å². The Morgan fingerprint density at radius 2 is 2.08 bits per heavy atom. The number of nitrogens with zero attached hydrogens (tertiary/aromatic N) is 2. The maximum absolute atomic E-state index is 5.98. The van der Waals surface area contributed by atoms with Crippen molar-refractivity contribution in [2.24, 2.45) is 0 Å². The van der Waals surface area contributed by atoms with Crippen LogP contribution in [0.25, 0.3) is 11.5 Å². The minimum absolute atomic E-state index is 0.575. The smallest absolute Gasteiger partial charge is 0.226 e. The first-order chi connectivity index (χ1) is 12.6. The first-order valence-electron chi connectivity index (χ1n) is 9.46. The Balaban J connectivity index is 1.76. The second-order valence-electron chi connectivity index (χ2n) is 7.11. The second kappa shape index (κ2) is 8.69. The number of aryl methyl sites for hydroxylation is 2. The van der Waals surface area contributed by atoms with E-state index in [4.69, 9.17) is 18.9 Å². The van der Waals surface area contributed by atoms with Gasteiger partial charge in [0, 0.05) is 31.9 Å². The van der Waals surface area contributed by atoms with Crippen molar-refractivity contribution >= 4 is 0 Å². The molecule has 2 aromatic rings. The highest BCUT2D eigenvalue weighted by Gasteiger charge is 2.24. The predicted octanol–water partition coefficient (Wildman–Crippen LogP) is 4.36. The van der Waals surface area contributed by atoms with Crippen LogP contribution in [0.1, 0.15) is 42.7 Å². The maximum atomic E-state index is 5.98. The van der Waals surface area contributed by atoms with Crippen molar-refractivity contribution in [3.8, 4) is 17.2 Å². The molecule has 0 amide bonds. The number of piperidine rings is 1. The molecule has 0 spiro atoms. The Bertz CT molecular complexity index is 726. The van der Waals surface area contributed by atoms with Gasteiger partial charge in [0.15, 0.2) is 0 Å². The Morgan fingerprint density at radius 3 is 2.81 bits per heavy atom. The molecule has 1 aromatic carbocycles. The van der Waals surface area contributed by atoms with Crippen LogP contribution >= 0.6 is 0 Å². The first kappa shape index (κ1) is 18.9. The fraction of sp³-hybridized carbons (Fsp3) is 0.571. The first-order valence-corrected chi connectivity index (χ1v) is 9.46. The van der Waals surface area contributed by atoms with Crippen molar-refractivity contribution in [3.05, 3.63) is 35.2 Å². The molecule has 2 heterocycles. The minimum Gasteiger partial charge on any atom is -0.496 e. The highest BCUT2D eigenvalue weighted by atomic mass is 16.5. The molecule has 0 bridgehead atoms. The lowest BCUT2D eigenvalue weighted by atomic mass is 9.99. The van der Waals surface area contributed by atoms with Gasteiger partial charge in [0.2, 0.25) is 5.89 Å². The lowest BCUT2D eigenvalue weighted by Crippen LogP contribution is -2.39. The minimum atomic E-state index is 0.575. The monoisotopic (exact) mass is 358 g/mol. The van der Waals surface area contributed by atoms with E-state index in [2.05, 4.69) is 11.0 Å². The van der Waals surface area contributed by atoms with Crippen LogP contribution in [0.4, 0.5) is 0 Å². The van der Waals surface area contributed by atoms with E-state index in [0.717, 1.165) is 54.4 Å². The molecule has 0 saturated carbocycles. The Morgan fingerprint density at radius 1 is 1.23 bits per heavy atom. The lowest BCUT2D eigenvalue weighted by Gasteiger charge is -2.35. The Kier molecular flexibility index (Phi) is 6.33. The van der Waals surface area contributed by atoms with E-state index < -0.39 is 0 Å². The van der Waals surface area contributed by atoms with Crippen molar-refractivity contribution in [2.75, 3.05) is 27.4 Å². The molecular formula is C21H30N2O3. The number of likely N-dealkylation sites (tertiary alicyclic amines) is 1. The lowest BCUT2D eigenvalue weighted by molar-refractivity contribution is 0.0961. The molecule has 5 nitrogen and oxygen atoms in total. The molecule has 1 aliphatic heterocycles. The molecule has 1 fully saturated rings. The third-order valence-electron chi connectivity index (χ3n) is 5.29. The van der Waals surface area contributed by atoms with Gasteiger partial charge in [-0.2, -0.15) is 0 Å². The van der Waals surface area contributed by atoms with E-state index in [1.807, 2.05) is 26.0 Å². The normalized spacial score (nSPS) is 18.2. The molecule has 3 rings (SSSR count). The number of hydrogen-bond acceptors (Lipinski definition) is 5. The fourth-order valence-corrected chi connectivity index (χ4v) is 3.75. The number of oxazole rings is 1. The quantitative estimate of drug-likeness (QED) is 0.736. The van der Waals surface area contributed by atoms with Crippen molar-refractivity contribution < 1.29 is 13.9 Å². The second-order valence-corrected chi connectivity index (χ2v) is 7.11. The van der Waals surface area contributed by atoms with E-state index in [1.165, 1.54) is 19.3 Å². The van der Waals surface area contributed by atoms with Gasteiger partial charge in [-0.25, -0.2) is 4.98 Å².